The molecule has 0 saturated heterocycles. The van der Waals surface area contributed by atoms with E-state index < -0.39 is 0 Å². The Morgan fingerprint density at radius 1 is 1.40 bits per heavy atom. The summed E-state index contributed by atoms with van der Waals surface area (Å²) in [7, 11) is 0. The van der Waals surface area contributed by atoms with Crippen LogP contribution in [0.2, 0.25) is 0 Å². The molecule has 0 bridgehead atoms. The maximum atomic E-state index is 8.60. The molecule has 0 radical (unpaired) electrons. The maximum Gasteiger partial charge on any atom is 0.0471 e. The lowest BCUT2D eigenvalue weighted by atomic mass is 10.1. The molecule has 0 atom stereocenters. The molecule has 1 N–H and O–H groups in total. The zero-order valence-corrected chi connectivity index (χ0v) is 6.43. The first-order valence-corrected chi connectivity index (χ1v) is 3.31. The third-order valence-electron chi connectivity index (χ3n) is 1.44. The van der Waals surface area contributed by atoms with Gasteiger partial charge in [0.25, 0.3) is 0 Å². The highest BCUT2D eigenvalue weighted by molar-refractivity contribution is 5.29. The highest BCUT2D eigenvalue weighted by atomic mass is 16.2. The van der Waals surface area contributed by atoms with Crippen molar-refractivity contribution in [2.24, 2.45) is 0 Å². The predicted octanol–water partition coefficient (Wildman–Crippen LogP) is 2.06. The van der Waals surface area contributed by atoms with Gasteiger partial charge in [-0.25, -0.2) is 0 Å². The molecule has 0 aromatic heterocycles. The van der Waals surface area contributed by atoms with Gasteiger partial charge in [-0.2, -0.15) is 0 Å². The Balaban J connectivity index is 4.28. The van der Waals surface area contributed by atoms with E-state index in [1.54, 1.807) is 12.2 Å². The van der Waals surface area contributed by atoms with Crippen LogP contribution < -0.4 is 0 Å². The van der Waals surface area contributed by atoms with E-state index in [4.69, 9.17) is 5.11 Å². The first-order valence-electron chi connectivity index (χ1n) is 3.31. The van der Waals surface area contributed by atoms with Crippen LogP contribution in [0.5, 0.6) is 0 Å². The maximum absolute atomic E-state index is 8.60. The van der Waals surface area contributed by atoms with Crippen molar-refractivity contribution in [2.75, 3.05) is 6.61 Å². The minimum absolute atomic E-state index is 0.173. The van der Waals surface area contributed by atoms with Gasteiger partial charge in [-0.1, -0.05) is 25.3 Å². The molecule has 0 spiro atoms. The molecule has 0 rings (SSSR count). The Morgan fingerprint density at radius 3 is 2.30 bits per heavy atom. The Hall–Kier alpha value is -0.820. The normalized spacial score (nSPS) is 12.2. The van der Waals surface area contributed by atoms with Crippen LogP contribution in [0.1, 0.15) is 13.3 Å². The molecule has 0 aromatic rings. The topological polar surface area (TPSA) is 20.2 Å². The summed E-state index contributed by atoms with van der Waals surface area (Å²) in [5.74, 6) is 0. The molecule has 0 heterocycles. The van der Waals surface area contributed by atoms with E-state index in [2.05, 4.69) is 13.2 Å². The van der Waals surface area contributed by atoms with Crippen LogP contribution in [0.25, 0.3) is 0 Å². The molecule has 0 aliphatic rings. The predicted molar refractivity (Wildman–Crippen MR) is 44.8 cm³/mol. The van der Waals surface area contributed by atoms with Crippen molar-refractivity contribution in [3.05, 3.63) is 36.5 Å². The molecule has 0 unspecified atom stereocenters. The van der Waals surface area contributed by atoms with E-state index in [0.717, 1.165) is 11.1 Å². The van der Waals surface area contributed by atoms with Gasteiger partial charge in [0.05, 0.1) is 0 Å². The summed E-state index contributed by atoms with van der Waals surface area (Å²) >= 11 is 0. The average molecular weight is 138 g/mol. The fourth-order valence-corrected chi connectivity index (χ4v) is 0.712. The SMILES string of the molecule is C=C/C(C)=C(\C=C)CCO. The summed E-state index contributed by atoms with van der Waals surface area (Å²) in [5, 5.41) is 8.60. The molecule has 10 heavy (non-hydrogen) atoms. The second-order valence-electron chi connectivity index (χ2n) is 2.09. The van der Waals surface area contributed by atoms with Crippen molar-refractivity contribution in [2.45, 2.75) is 13.3 Å². The largest absolute Gasteiger partial charge is 0.396 e. The van der Waals surface area contributed by atoms with Gasteiger partial charge in [-0.15, -0.1) is 0 Å². The van der Waals surface area contributed by atoms with Crippen molar-refractivity contribution in [1.29, 1.82) is 0 Å². The van der Waals surface area contributed by atoms with Crippen LogP contribution in [0.15, 0.2) is 36.5 Å². The van der Waals surface area contributed by atoms with Gasteiger partial charge >= 0.3 is 0 Å². The lowest BCUT2D eigenvalue weighted by molar-refractivity contribution is 0.300. The summed E-state index contributed by atoms with van der Waals surface area (Å²) in [5.41, 5.74) is 2.15. The number of allylic oxidation sites excluding steroid dienone is 3. The first-order chi connectivity index (χ1) is 4.76. The van der Waals surface area contributed by atoms with Gasteiger partial charge in [0.2, 0.25) is 0 Å². The molecule has 0 aromatic carbocycles. The second kappa shape index (κ2) is 5.00. The van der Waals surface area contributed by atoms with Crippen LogP contribution in [-0.4, -0.2) is 11.7 Å². The lowest BCUT2D eigenvalue weighted by Gasteiger charge is -2.00. The highest BCUT2D eigenvalue weighted by Gasteiger charge is 1.92. The van der Waals surface area contributed by atoms with Crippen LogP contribution in [-0.2, 0) is 0 Å². The molecule has 1 nitrogen and oxygen atoms in total. The van der Waals surface area contributed by atoms with E-state index in [9.17, 15) is 0 Å². The van der Waals surface area contributed by atoms with E-state index in [1.165, 1.54) is 0 Å². The Bertz CT molecular complexity index is 154. The monoisotopic (exact) mass is 138 g/mol. The van der Waals surface area contributed by atoms with E-state index in [0.29, 0.717) is 6.42 Å². The summed E-state index contributed by atoms with van der Waals surface area (Å²) in [6.07, 6.45) is 4.20. The van der Waals surface area contributed by atoms with Gasteiger partial charge in [0, 0.05) is 6.61 Å². The number of aliphatic hydroxyl groups is 1. The van der Waals surface area contributed by atoms with Gasteiger partial charge in [-0.3, -0.25) is 0 Å². The third-order valence-corrected chi connectivity index (χ3v) is 1.44. The van der Waals surface area contributed by atoms with Crippen molar-refractivity contribution in [3.63, 3.8) is 0 Å². The van der Waals surface area contributed by atoms with Crippen molar-refractivity contribution < 1.29 is 5.11 Å². The molecular weight excluding hydrogens is 124 g/mol. The van der Waals surface area contributed by atoms with E-state index in [-0.39, 0.29) is 6.61 Å². The van der Waals surface area contributed by atoms with Crippen LogP contribution in [0.3, 0.4) is 0 Å². The highest BCUT2D eigenvalue weighted by Crippen LogP contribution is 2.09. The number of hydrogen-bond acceptors (Lipinski definition) is 1. The molecule has 0 fully saturated rings. The quantitative estimate of drug-likeness (QED) is 0.589. The zero-order valence-electron chi connectivity index (χ0n) is 6.43. The first kappa shape index (κ1) is 9.18. The van der Waals surface area contributed by atoms with Crippen molar-refractivity contribution in [1.82, 2.24) is 0 Å². The standard InChI is InChI=1S/C9H14O/c1-4-8(3)9(5-2)6-7-10/h4-5,10H,1-2,6-7H2,3H3/b9-8+. The minimum atomic E-state index is 0.173. The van der Waals surface area contributed by atoms with E-state index in [1.807, 2.05) is 6.92 Å². The van der Waals surface area contributed by atoms with Crippen molar-refractivity contribution >= 4 is 0 Å². The van der Waals surface area contributed by atoms with Gasteiger partial charge in [-0.05, 0) is 24.5 Å². The molecule has 56 valence electrons. The van der Waals surface area contributed by atoms with Gasteiger partial charge in [0.1, 0.15) is 0 Å². The molecule has 0 aliphatic carbocycles. The number of rotatable bonds is 4. The number of aliphatic hydroxyl groups excluding tert-OH is 1. The van der Waals surface area contributed by atoms with E-state index >= 15 is 0 Å². The zero-order chi connectivity index (χ0) is 7.98. The fraction of sp³-hybridized carbons (Fsp3) is 0.333. The average Bonchev–Trinajstić information content (AvgIpc) is 1.99. The summed E-state index contributed by atoms with van der Waals surface area (Å²) in [6, 6.07) is 0. The van der Waals surface area contributed by atoms with Gasteiger partial charge < -0.3 is 5.11 Å². The molecule has 1 heteroatoms. The van der Waals surface area contributed by atoms with Crippen LogP contribution in [0.4, 0.5) is 0 Å². The Morgan fingerprint density at radius 2 is 2.00 bits per heavy atom. The Labute approximate surface area is 62.4 Å². The summed E-state index contributed by atoms with van der Waals surface area (Å²) in [6.45, 7) is 9.39. The van der Waals surface area contributed by atoms with Crippen LogP contribution in [0, 0.1) is 0 Å². The molecule has 0 saturated carbocycles. The van der Waals surface area contributed by atoms with Crippen molar-refractivity contribution in [3.8, 4) is 0 Å². The summed E-state index contributed by atoms with van der Waals surface area (Å²) < 4.78 is 0. The number of hydrogen-bond donors (Lipinski definition) is 1. The van der Waals surface area contributed by atoms with Crippen LogP contribution >= 0.6 is 0 Å². The fourth-order valence-electron chi connectivity index (χ4n) is 0.712. The lowest BCUT2D eigenvalue weighted by Crippen LogP contribution is -1.87. The molecule has 0 amide bonds. The Kier molecular flexibility index (Phi) is 4.59. The van der Waals surface area contributed by atoms with Gasteiger partial charge in [0.15, 0.2) is 0 Å². The summed E-state index contributed by atoms with van der Waals surface area (Å²) in [4.78, 5) is 0. The molecular formula is C9H14O. The minimum Gasteiger partial charge on any atom is -0.396 e. The second-order valence-corrected chi connectivity index (χ2v) is 2.09. The third kappa shape index (κ3) is 2.65. The smallest absolute Gasteiger partial charge is 0.0471 e. The molecule has 0 aliphatic heterocycles.